The largest absolute Gasteiger partial charge is 0.496 e. The Kier molecular flexibility index (Phi) is 6.46. The van der Waals surface area contributed by atoms with Crippen LogP contribution in [-0.2, 0) is 22.6 Å². The van der Waals surface area contributed by atoms with Gasteiger partial charge in [-0.05, 0) is 19.1 Å². The van der Waals surface area contributed by atoms with Gasteiger partial charge in [0.25, 0.3) is 11.5 Å². The topological polar surface area (TPSA) is 90.7 Å². The van der Waals surface area contributed by atoms with Crippen molar-refractivity contribution in [3.8, 4) is 5.75 Å². The Hall–Kier alpha value is -3.68. The van der Waals surface area contributed by atoms with E-state index < -0.39 is 12.6 Å². The number of benzene rings is 2. The number of carbonyl (C=O) groups excluding carboxylic acids is 2. The van der Waals surface area contributed by atoms with E-state index in [4.69, 9.17) is 9.47 Å². The fourth-order valence-corrected chi connectivity index (χ4v) is 3.08. The van der Waals surface area contributed by atoms with Crippen LogP contribution in [0.25, 0.3) is 10.8 Å². The highest BCUT2D eigenvalue weighted by Crippen LogP contribution is 2.19. The van der Waals surface area contributed by atoms with E-state index >= 15 is 0 Å². The maximum absolute atomic E-state index is 12.6. The van der Waals surface area contributed by atoms with E-state index in [2.05, 4.69) is 5.10 Å². The SMILES string of the molecule is CCn1nc(C(=O)OCC(=O)N(C)Cc2ccccc2OC)c2ccccc2c1=O. The van der Waals surface area contributed by atoms with Gasteiger partial charge in [0, 0.05) is 31.1 Å². The van der Waals surface area contributed by atoms with Crippen LogP contribution in [0, 0.1) is 0 Å². The molecule has 0 aliphatic carbocycles. The van der Waals surface area contributed by atoms with Gasteiger partial charge in [-0.15, -0.1) is 0 Å². The van der Waals surface area contributed by atoms with Gasteiger partial charge in [-0.25, -0.2) is 9.48 Å². The molecule has 0 saturated carbocycles. The first-order valence-electron chi connectivity index (χ1n) is 9.49. The monoisotopic (exact) mass is 409 g/mol. The summed E-state index contributed by atoms with van der Waals surface area (Å²) >= 11 is 0. The fourth-order valence-electron chi connectivity index (χ4n) is 3.08. The summed E-state index contributed by atoms with van der Waals surface area (Å²) in [5, 5.41) is 4.89. The number of rotatable bonds is 7. The Morgan fingerprint density at radius 1 is 1.07 bits per heavy atom. The van der Waals surface area contributed by atoms with Gasteiger partial charge in [0.15, 0.2) is 12.3 Å². The van der Waals surface area contributed by atoms with Gasteiger partial charge in [-0.2, -0.15) is 5.10 Å². The average molecular weight is 409 g/mol. The number of esters is 1. The fraction of sp³-hybridized carbons (Fsp3) is 0.273. The van der Waals surface area contributed by atoms with Gasteiger partial charge >= 0.3 is 5.97 Å². The summed E-state index contributed by atoms with van der Waals surface area (Å²) in [6.45, 7) is 1.94. The molecule has 0 N–H and O–H groups in total. The minimum atomic E-state index is -0.757. The van der Waals surface area contributed by atoms with E-state index in [1.54, 1.807) is 45.3 Å². The molecule has 1 heterocycles. The van der Waals surface area contributed by atoms with Crippen molar-refractivity contribution >= 4 is 22.6 Å². The molecular formula is C22H23N3O5. The zero-order chi connectivity index (χ0) is 21.7. The number of aryl methyl sites for hydroxylation is 1. The lowest BCUT2D eigenvalue weighted by Gasteiger charge is -2.18. The van der Waals surface area contributed by atoms with Crippen molar-refractivity contribution in [1.29, 1.82) is 0 Å². The lowest BCUT2D eigenvalue weighted by molar-refractivity contribution is -0.133. The standard InChI is InChI=1S/C22H23N3O5/c1-4-25-21(27)17-11-7-6-10-16(17)20(23-25)22(28)30-14-19(26)24(2)13-15-9-5-8-12-18(15)29-3/h5-12H,4,13-14H2,1-3H3. The van der Waals surface area contributed by atoms with Gasteiger partial charge in [0.05, 0.1) is 12.5 Å². The summed E-state index contributed by atoms with van der Waals surface area (Å²) in [4.78, 5) is 38.9. The van der Waals surface area contributed by atoms with E-state index in [1.807, 2.05) is 24.3 Å². The van der Waals surface area contributed by atoms with E-state index in [9.17, 15) is 14.4 Å². The number of hydrogen-bond acceptors (Lipinski definition) is 6. The second kappa shape index (κ2) is 9.21. The molecule has 8 nitrogen and oxygen atoms in total. The molecule has 0 atom stereocenters. The number of hydrogen-bond donors (Lipinski definition) is 0. The summed E-state index contributed by atoms with van der Waals surface area (Å²) < 4.78 is 11.7. The Morgan fingerprint density at radius 3 is 2.43 bits per heavy atom. The van der Waals surface area contributed by atoms with Crippen LogP contribution in [0.3, 0.4) is 0 Å². The van der Waals surface area contributed by atoms with E-state index in [-0.39, 0.29) is 17.2 Å². The summed E-state index contributed by atoms with van der Waals surface area (Å²) in [5.41, 5.74) is 0.564. The lowest BCUT2D eigenvalue weighted by atomic mass is 10.1. The first-order valence-corrected chi connectivity index (χ1v) is 9.49. The molecule has 0 unspecified atom stereocenters. The molecule has 30 heavy (non-hydrogen) atoms. The zero-order valence-electron chi connectivity index (χ0n) is 17.1. The highest BCUT2D eigenvalue weighted by molar-refractivity contribution is 6.02. The molecule has 0 saturated heterocycles. The van der Waals surface area contributed by atoms with Crippen molar-refractivity contribution in [2.75, 3.05) is 20.8 Å². The molecule has 3 aromatic rings. The second-order valence-corrected chi connectivity index (χ2v) is 6.65. The van der Waals surface area contributed by atoms with Crippen LogP contribution in [0.5, 0.6) is 5.75 Å². The van der Waals surface area contributed by atoms with Crippen LogP contribution in [0.2, 0.25) is 0 Å². The molecule has 0 spiro atoms. The number of ether oxygens (including phenoxy) is 2. The molecule has 2 aromatic carbocycles. The smallest absolute Gasteiger partial charge is 0.359 e. The molecule has 0 radical (unpaired) electrons. The van der Waals surface area contributed by atoms with Crippen molar-refractivity contribution < 1.29 is 19.1 Å². The van der Waals surface area contributed by atoms with Crippen LogP contribution >= 0.6 is 0 Å². The Morgan fingerprint density at radius 2 is 1.73 bits per heavy atom. The summed E-state index contributed by atoms with van der Waals surface area (Å²) in [6.07, 6.45) is 0. The van der Waals surface area contributed by atoms with E-state index in [1.165, 1.54) is 9.58 Å². The highest BCUT2D eigenvalue weighted by Gasteiger charge is 2.20. The third-order valence-corrected chi connectivity index (χ3v) is 4.71. The number of para-hydroxylation sites is 1. The summed E-state index contributed by atoms with van der Waals surface area (Å²) in [6, 6.07) is 14.1. The lowest BCUT2D eigenvalue weighted by Crippen LogP contribution is -2.31. The molecule has 3 rings (SSSR count). The van der Waals surface area contributed by atoms with Crippen LogP contribution in [0.1, 0.15) is 23.0 Å². The maximum atomic E-state index is 12.6. The van der Waals surface area contributed by atoms with Crippen LogP contribution < -0.4 is 10.3 Å². The molecule has 0 fully saturated rings. The number of fused-ring (bicyclic) bond motifs is 1. The van der Waals surface area contributed by atoms with E-state index in [0.717, 1.165) is 5.56 Å². The molecule has 156 valence electrons. The van der Waals surface area contributed by atoms with Crippen LogP contribution in [0.4, 0.5) is 0 Å². The minimum Gasteiger partial charge on any atom is -0.496 e. The second-order valence-electron chi connectivity index (χ2n) is 6.65. The number of carbonyl (C=O) groups is 2. The zero-order valence-corrected chi connectivity index (χ0v) is 17.1. The van der Waals surface area contributed by atoms with Crippen LogP contribution in [-0.4, -0.2) is 47.3 Å². The first kappa shape index (κ1) is 21.0. The average Bonchev–Trinajstić information content (AvgIpc) is 2.78. The van der Waals surface area contributed by atoms with Gasteiger partial charge in [0.2, 0.25) is 0 Å². The molecular weight excluding hydrogens is 386 g/mol. The molecule has 1 amide bonds. The van der Waals surface area contributed by atoms with Crippen molar-refractivity contribution in [1.82, 2.24) is 14.7 Å². The normalized spacial score (nSPS) is 10.6. The summed E-state index contributed by atoms with van der Waals surface area (Å²) in [5.74, 6) is -0.457. The number of methoxy groups -OCH3 is 1. The highest BCUT2D eigenvalue weighted by atomic mass is 16.5. The van der Waals surface area contributed by atoms with Crippen molar-refractivity contribution in [3.05, 3.63) is 70.1 Å². The molecule has 0 aliphatic rings. The number of nitrogens with zero attached hydrogens (tertiary/aromatic N) is 3. The third-order valence-electron chi connectivity index (χ3n) is 4.71. The molecule has 8 heteroatoms. The van der Waals surface area contributed by atoms with Crippen LogP contribution in [0.15, 0.2) is 53.3 Å². The quantitative estimate of drug-likeness (QED) is 0.556. The first-order chi connectivity index (χ1) is 14.5. The molecule has 0 aliphatic heterocycles. The Bertz CT molecular complexity index is 1140. The van der Waals surface area contributed by atoms with E-state index in [0.29, 0.717) is 29.6 Å². The van der Waals surface area contributed by atoms with Crippen molar-refractivity contribution in [2.45, 2.75) is 20.0 Å². The van der Waals surface area contributed by atoms with Crippen molar-refractivity contribution in [2.24, 2.45) is 0 Å². The summed E-state index contributed by atoms with van der Waals surface area (Å²) in [7, 11) is 3.18. The van der Waals surface area contributed by atoms with Gasteiger partial charge in [-0.3, -0.25) is 9.59 Å². The number of likely N-dealkylation sites (N-methyl/N-ethyl adjacent to an activating group) is 1. The Labute approximate surface area is 173 Å². The molecule has 1 aromatic heterocycles. The Balaban J connectivity index is 1.73. The van der Waals surface area contributed by atoms with Gasteiger partial charge < -0.3 is 14.4 Å². The number of aromatic nitrogens is 2. The predicted octanol–water partition coefficient (Wildman–Crippen LogP) is 2.24. The maximum Gasteiger partial charge on any atom is 0.359 e. The van der Waals surface area contributed by atoms with Crippen molar-refractivity contribution in [3.63, 3.8) is 0 Å². The predicted molar refractivity (Wildman–Crippen MR) is 111 cm³/mol. The van der Waals surface area contributed by atoms with Gasteiger partial charge in [0.1, 0.15) is 5.75 Å². The number of amides is 1. The minimum absolute atomic E-state index is 0.00670. The third kappa shape index (κ3) is 4.32. The molecule has 0 bridgehead atoms. The van der Waals surface area contributed by atoms with Gasteiger partial charge in [-0.1, -0.05) is 36.4 Å².